The summed E-state index contributed by atoms with van der Waals surface area (Å²) < 4.78 is 39.2. The van der Waals surface area contributed by atoms with Crippen LogP contribution in [-0.2, 0) is 0 Å². The molecule has 2 atom stereocenters. The summed E-state index contributed by atoms with van der Waals surface area (Å²) in [5, 5.41) is 0. The van der Waals surface area contributed by atoms with Crippen molar-refractivity contribution in [2.75, 3.05) is 0 Å². The van der Waals surface area contributed by atoms with Gasteiger partial charge in [-0.1, -0.05) is 26.8 Å². The van der Waals surface area contributed by atoms with Gasteiger partial charge < -0.3 is 5.73 Å². The summed E-state index contributed by atoms with van der Waals surface area (Å²) in [4.78, 5) is 0. The predicted molar refractivity (Wildman–Crippen MR) is 57.2 cm³/mol. The van der Waals surface area contributed by atoms with E-state index in [-0.39, 0.29) is 17.4 Å². The zero-order valence-electron chi connectivity index (χ0n) is 9.60. The highest BCUT2D eigenvalue weighted by molar-refractivity contribution is 5.23. The van der Waals surface area contributed by atoms with E-state index in [0.717, 1.165) is 6.07 Å². The second-order valence-electron chi connectivity index (χ2n) is 4.39. The van der Waals surface area contributed by atoms with Gasteiger partial charge in [0.25, 0.3) is 0 Å². The normalized spacial score (nSPS) is 15.2. The Morgan fingerprint density at radius 1 is 1.00 bits per heavy atom. The third-order valence-electron chi connectivity index (χ3n) is 3.04. The molecule has 2 N–H and O–H groups in total. The minimum atomic E-state index is -1.45. The molecular weight excluding hydrogens is 215 g/mol. The third-order valence-corrected chi connectivity index (χ3v) is 3.04. The molecule has 16 heavy (non-hydrogen) atoms. The van der Waals surface area contributed by atoms with Gasteiger partial charge in [-0.25, -0.2) is 13.2 Å². The molecule has 0 amide bonds. The van der Waals surface area contributed by atoms with Gasteiger partial charge in [-0.05, 0) is 17.9 Å². The van der Waals surface area contributed by atoms with Gasteiger partial charge in [0.1, 0.15) is 0 Å². The average molecular weight is 231 g/mol. The van der Waals surface area contributed by atoms with E-state index >= 15 is 0 Å². The van der Waals surface area contributed by atoms with Gasteiger partial charge in [-0.3, -0.25) is 0 Å². The first-order valence-electron chi connectivity index (χ1n) is 5.25. The predicted octanol–water partition coefficient (Wildman–Crippen LogP) is 3.40. The van der Waals surface area contributed by atoms with Crippen molar-refractivity contribution in [3.63, 3.8) is 0 Å². The van der Waals surface area contributed by atoms with Crippen LogP contribution >= 0.6 is 0 Å². The van der Waals surface area contributed by atoms with Crippen LogP contribution in [0.5, 0.6) is 0 Å². The van der Waals surface area contributed by atoms with Crippen LogP contribution in [0.4, 0.5) is 13.2 Å². The highest BCUT2D eigenvalue weighted by atomic mass is 19.2. The van der Waals surface area contributed by atoms with Crippen LogP contribution in [0.3, 0.4) is 0 Å². The quantitative estimate of drug-likeness (QED) is 0.793. The standard InChI is InChI=1S/C12H16F3N/c1-6(2)7(3)12(16)8-4-5-9(13)11(15)10(8)14/h4-7,12H,16H2,1-3H3. The molecular formula is C12H16F3N. The fourth-order valence-electron chi connectivity index (χ4n) is 1.50. The molecule has 1 rings (SSSR count). The molecule has 1 nitrogen and oxygen atoms in total. The van der Waals surface area contributed by atoms with Crippen molar-refractivity contribution in [2.24, 2.45) is 17.6 Å². The fraction of sp³-hybridized carbons (Fsp3) is 0.500. The lowest BCUT2D eigenvalue weighted by atomic mass is 9.86. The maximum atomic E-state index is 13.4. The van der Waals surface area contributed by atoms with Gasteiger partial charge in [0.2, 0.25) is 0 Å². The molecule has 0 saturated heterocycles. The van der Waals surface area contributed by atoms with Gasteiger partial charge in [0.05, 0.1) is 0 Å². The molecule has 0 aliphatic rings. The Bertz CT molecular complexity index is 377. The molecule has 1 aromatic rings. The Labute approximate surface area is 93.5 Å². The first kappa shape index (κ1) is 13.0. The highest BCUT2D eigenvalue weighted by Crippen LogP contribution is 2.28. The van der Waals surface area contributed by atoms with Crippen LogP contribution in [0.1, 0.15) is 32.4 Å². The SMILES string of the molecule is CC(C)C(C)C(N)c1ccc(F)c(F)c1F. The molecule has 1 aromatic carbocycles. The van der Waals surface area contributed by atoms with E-state index in [0.29, 0.717) is 0 Å². The van der Waals surface area contributed by atoms with Crippen molar-refractivity contribution in [3.8, 4) is 0 Å². The van der Waals surface area contributed by atoms with Crippen LogP contribution < -0.4 is 5.73 Å². The molecule has 0 aromatic heterocycles. The number of halogens is 3. The molecule has 0 radical (unpaired) electrons. The Hall–Kier alpha value is -1.03. The minimum Gasteiger partial charge on any atom is -0.324 e. The zero-order chi connectivity index (χ0) is 12.5. The molecule has 0 spiro atoms. The second-order valence-corrected chi connectivity index (χ2v) is 4.39. The van der Waals surface area contributed by atoms with Crippen molar-refractivity contribution in [1.82, 2.24) is 0 Å². The monoisotopic (exact) mass is 231 g/mol. The summed E-state index contributed by atoms with van der Waals surface area (Å²) >= 11 is 0. The second kappa shape index (κ2) is 4.87. The van der Waals surface area contributed by atoms with Crippen molar-refractivity contribution in [3.05, 3.63) is 35.1 Å². The lowest BCUT2D eigenvalue weighted by Gasteiger charge is -2.24. The van der Waals surface area contributed by atoms with Crippen LogP contribution in [0.15, 0.2) is 12.1 Å². The summed E-state index contributed by atoms with van der Waals surface area (Å²) in [6.07, 6.45) is 0. The lowest BCUT2D eigenvalue weighted by Crippen LogP contribution is -2.24. The maximum absolute atomic E-state index is 13.4. The van der Waals surface area contributed by atoms with E-state index in [1.54, 1.807) is 0 Å². The van der Waals surface area contributed by atoms with E-state index in [4.69, 9.17) is 5.73 Å². The number of hydrogen-bond acceptors (Lipinski definition) is 1. The largest absolute Gasteiger partial charge is 0.324 e. The van der Waals surface area contributed by atoms with Crippen LogP contribution in [-0.4, -0.2) is 0 Å². The van der Waals surface area contributed by atoms with Crippen LogP contribution in [0, 0.1) is 29.3 Å². The van der Waals surface area contributed by atoms with Crippen molar-refractivity contribution in [2.45, 2.75) is 26.8 Å². The molecule has 0 aliphatic carbocycles. The molecule has 0 aliphatic heterocycles. The molecule has 2 unspecified atom stereocenters. The van der Waals surface area contributed by atoms with E-state index < -0.39 is 23.5 Å². The van der Waals surface area contributed by atoms with E-state index in [1.165, 1.54) is 6.07 Å². The highest BCUT2D eigenvalue weighted by Gasteiger charge is 2.23. The van der Waals surface area contributed by atoms with Gasteiger partial charge >= 0.3 is 0 Å². The number of benzene rings is 1. The topological polar surface area (TPSA) is 26.0 Å². The molecule has 4 heteroatoms. The van der Waals surface area contributed by atoms with E-state index in [9.17, 15) is 13.2 Å². The molecule has 90 valence electrons. The summed E-state index contributed by atoms with van der Waals surface area (Å²) in [5.74, 6) is -3.60. The fourth-order valence-corrected chi connectivity index (χ4v) is 1.50. The average Bonchev–Trinajstić information content (AvgIpc) is 2.24. The Kier molecular flexibility index (Phi) is 3.97. The molecule has 0 fully saturated rings. The number of nitrogens with two attached hydrogens (primary N) is 1. The first-order valence-corrected chi connectivity index (χ1v) is 5.25. The van der Waals surface area contributed by atoms with Crippen molar-refractivity contribution < 1.29 is 13.2 Å². The minimum absolute atomic E-state index is 0.0145. The molecule has 0 heterocycles. The smallest absolute Gasteiger partial charge is 0.194 e. The van der Waals surface area contributed by atoms with Crippen LogP contribution in [0.25, 0.3) is 0 Å². The summed E-state index contributed by atoms with van der Waals surface area (Å²) in [5.41, 5.74) is 5.86. The van der Waals surface area contributed by atoms with Crippen molar-refractivity contribution >= 4 is 0 Å². The number of hydrogen-bond donors (Lipinski definition) is 1. The Morgan fingerprint density at radius 2 is 1.56 bits per heavy atom. The van der Waals surface area contributed by atoms with Gasteiger partial charge in [0, 0.05) is 11.6 Å². The van der Waals surface area contributed by atoms with E-state index in [1.807, 2.05) is 20.8 Å². The Morgan fingerprint density at radius 3 is 2.06 bits per heavy atom. The third kappa shape index (κ3) is 2.38. The van der Waals surface area contributed by atoms with Gasteiger partial charge in [-0.2, -0.15) is 0 Å². The summed E-state index contributed by atoms with van der Waals surface area (Å²) in [7, 11) is 0. The summed E-state index contributed by atoms with van der Waals surface area (Å²) in [6.45, 7) is 5.75. The Balaban J connectivity index is 3.10. The van der Waals surface area contributed by atoms with Gasteiger partial charge in [-0.15, -0.1) is 0 Å². The lowest BCUT2D eigenvalue weighted by molar-refractivity contribution is 0.338. The maximum Gasteiger partial charge on any atom is 0.194 e. The van der Waals surface area contributed by atoms with E-state index in [2.05, 4.69) is 0 Å². The summed E-state index contributed by atoms with van der Waals surface area (Å²) in [6, 6.07) is 1.48. The first-order chi connectivity index (χ1) is 7.36. The molecule has 0 saturated carbocycles. The van der Waals surface area contributed by atoms with Crippen LogP contribution in [0.2, 0.25) is 0 Å². The van der Waals surface area contributed by atoms with Crippen molar-refractivity contribution in [1.29, 1.82) is 0 Å². The molecule has 0 bridgehead atoms. The number of rotatable bonds is 3. The zero-order valence-corrected chi connectivity index (χ0v) is 9.60. The van der Waals surface area contributed by atoms with Gasteiger partial charge in [0.15, 0.2) is 17.5 Å².